The molecule has 0 heterocycles. The van der Waals surface area contributed by atoms with Crippen LogP contribution in [0.4, 0.5) is 0 Å². The van der Waals surface area contributed by atoms with Gasteiger partial charge in [0.2, 0.25) is 0 Å². The molecule has 1 aromatic rings. The van der Waals surface area contributed by atoms with Crippen LogP contribution < -0.4 is 0 Å². The van der Waals surface area contributed by atoms with Crippen molar-refractivity contribution < 1.29 is 13.0 Å². The van der Waals surface area contributed by atoms with Crippen molar-refractivity contribution in [3.63, 3.8) is 0 Å². The second-order valence-electron chi connectivity index (χ2n) is 2.94. The molecule has 0 fully saturated rings. The summed E-state index contributed by atoms with van der Waals surface area (Å²) in [5.74, 6) is -0.108. The van der Waals surface area contributed by atoms with Gasteiger partial charge in [0.15, 0.2) is 0 Å². The monoisotopic (exact) mass is 342 g/mol. The summed E-state index contributed by atoms with van der Waals surface area (Å²) < 4.78 is 29.3. The van der Waals surface area contributed by atoms with Crippen molar-refractivity contribution in [2.75, 3.05) is 5.75 Å². The van der Waals surface area contributed by atoms with Crippen molar-refractivity contribution in [3.8, 4) is 0 Å². The molecular weight excluding hydrogens is 327 g/mol. The fourth-order valence-corrected chi connectivity index (χ4v) is 1.81. The first-order valence-corrected chi connectivity index (χ1v) is 7.30. The lowest BCUT2D eigenvalue weighted by atomic mass is 10.4. The van der Waals surface area contributed by atoms with Gasteiger partial charge < -0.3 is 0 Å². The lowest BCUT2D eigenvalue weighted by molar-refractivity contribution is 0.480. The largest absolute Gasteiger partial charge is 0.286 e. The van der Waals surface area contributed by atoms with Crippen molar-refractivity contribution in [2.45, 2.75) is 19.8 Å². The van der Waals surface area contributed by atoms with Crippen LogP contribution in [0, 0.1) is 3.57 Å². The van der Waals surface area contributed by atoms with Crippen molar-refractivity contribution in [1.29, 1.82) is 0 Å². The first-order chi connectivity index (χ1) is 6.95. The van der Waals surface area contributed by atoms with Crippen LogP contribution in [0.25, 0.3) is 0 Å². The fourth-order valence-electron chi connectivity index (χ4n) is 0.741. The minimum absolute atomic E-state index is 0.108. The molecule has 3 nitrogen and oxygen atoms in total. The van der Waals surface area contributed by atoms with Crippen LogP contribution in [0.2, 0.25) is 0 Å². The molecule has 0 spiro atoms. The van der Waals surface area contributed by atoms with E-state index < -0.39 is 10.1 Å². The van der Waals surface area contributed by atoms with Crippen LogP contribution >= 0.6 is 22.6 Å². The average Bonchev–Trinajstić information content (AvgIpc) is 2.16. The third-order valence-electron chi connectivity index (χ3n) is 1.49. The molecule has 0 atom stereocenters. The van der Waals surface area contributed by atoms with E-state index in [0.717, 1.165) is 6.42 Å². The molecule has 0 aliphatic carbocycles. The Morgan fingerprint density at radius 1 is 1.27 bits per heavy atom. The van der Waals surface area contributed by atoms with Crippen LogP contribution in [-0.2, 0) is 10.1 Å². The second kappa shape index (κ2) is 8.06. The molecule has 1 N–H and O–H groups in total. The summed E-state index contributed by atoms with van der Waals surface area (Å²) in [4.78, 5) is 0. The number of unbranched alkanes of at least 4 members (excludes halogenated alkanes) is 1. The summed E-state index contributed by atoms with van der Waals surface area (Å²) >= 11 is 2.28. The van der Waals surface area contributed by atoms with Crippen LogP contribution in [0.3, 0.4) is 0 Å². The van der Waals surface area contributed by atoms with E-state index in [1.807, 2.05) is 25.1 Å². The van der Waals surface area contributed by atoms with Crippen molar-refractivity contribution in [3.05, 3.63) is 33.9 Å². The number of hydrogen-bond donors (Lipinski definition) is 1. The van der Waals surface area contributed by atoms with Gasteiger partial charge in [0, 0.05) is 3.57 Å². The first-order valence-electron chi connectivity index (χ1n) is 4.61. The second-order valence-corrected chi connectivity index (χ2v) is 5.75. The maximum Gasteiger partial charge on any atom is 0.264 e. The molecule has 0 bridgehead atoms. The van der Waals surface area contributed by atoms with Crippen LogP contribution in [0.5, 0.6) is 0 Å². The summed E-state index contributed by atoms with van der Waals surface area (Å²) in [6, 6.07) is 10.2. The first kappa shape index (κ1) is 14.9. The van der Waals surface area contributed by atoms with Gasteiger partial charge in [-0.15, -0.1) is 0 Å². The summed E-state index contributed by atoms with van der Waals surface area (Å²) in [5, 5.41) is 0. The third kappa shape index (κ3) is 11.8. The highest BCUT2D eigenvalue weighted by molar-refractivity contribution is 14.1. The van der Waals surface area contributed by atoms with Gasteiger partial charge in [-0.05, 0) is 41.1 Å². The number of benzene rings is 1. The van der Waals surface area contributed by atoms with E-state index in [1.54, 1.807) is 0 Å². The number of rotatable bonds is 3. The van der Waals surface area contributed by atoms with E-state index in [-0.39, 0.29) is 5.75 Å². The van der Waals surface area contributed by atoms with E-state index in [0.29, 0.717) is 6.42 Å². The normalized spacial score (nSPS) is 10.3. The topological polar surface area (TPSA) is 54.4 Å². The third-order valence-corrected chi connectivity index (χ3v) is 3.01. The van der Waals surface area contributed by atoms with E-state index >= 15 is 0 Å². The smallest absolute Gasteiger partial charge is 0.264 e. The van der Waals surface area contributed by atoms with Crippen LogP contribution in [-0.4, -0.2) is 18.7 Å². The Morgan fingerprint density at radius 2 is 1.80 bits per heavy atom. The summed E-state index contributed by atoms with van der Waals surface area (Å²) in [6.45, 7) is 1.87. The van der Waals surface area contributed by atoms with Gasteiger partial charge in [0.1, 0.15) is 0 Å². The Bertz CT molecular complexity index is 348. The molecule has 0 aliphatic rings. The minimum Gasteiger partial charge on any atom is -0.286 e. The molecule has 0 amide bonds. The minimum atomic E-state index is -3.69. The maximum atomic E-state index is 9.95. The fraction of sp³-hybridized carbons (Fsp3) is 0.400. The highest BCUT2D eigenvalue weighted by Gasteiger charge is 2.00. The molecule has 1 rings (SSSR count). The predicted octanol–water partition coefficient (Wildman–Crippen LogP) is 2.97. The molecule has 0 saturated heterocycles. The molecular formula is C10H15IO3S. The Labute approximate surface area is 105 Å². The molecule has 0 aliphatic heterocycles. The SMILES string of the molecule is CCCCS(=O)(=O)O.Ic1ccccc1. The van der Waals surface area contributed by atoms with E-state index in [4.69, 9.17) is 4.55 Å². The Morgan fingerprint density at radius 3 is 2.00 bits per heavy atom. The van der Waals surface area contributed by atoms with Crippen molar-refractivity contribution >= 4 is 32.7 Å². The Kier molecular flexibility index (Phi) is 7.99. The predicted molar refractivity (Wildman–Crippen MR) is 70.5 cm³/mol. The highest BCUT2D eigenvalue weighted by atomic mass is 127. The molecule has 86 valence electrons. The molecule has 0 aromatic heterocycles. The van der Waals surface area contributed by atoms with Gasteiger partial charge in [-0.25, -0.2) is 0 Å². The zero-order chi connectivity index (χ0) is 11.7. The van der Waals surface area contributed by atoms with Crippen molar-refractivity contribution in [2.24, 2.45) is 0 Å². The van der Waals surface area contributed by atoms with Gasteiger partial charge in [-0.3, -0.25) is 4.55 Å². The molecule has 0 radical (unpaired) electrons. The van der Waals surface area contributed by atoms with E-state index in [9.17, 15) is 8.42 Å². The van der Waals surface area contributed by atoms with E-state index in [2.05, 4.69) is 34.7 Å². The standard InChI is InChI=1S/C6H5I.C4H10O3S/c7-6-4-2-1-3-5-6;1-2-3-4-8(5,6)7/h1-5H;2-4H2,1H3,(H,5,6,7). The van der Waals surface area contributed by atoms with Gasteiger partial charge in [0.25, 0.3) is 10.1 Å². The van der Waals surface area contributed by atoms with Gasteiger partial charge in [-0.2, -0.15) is 8.42 Å². The Balaban J connectivity index is 0.000000262. The zero-order valence-electron chi connectivity index (χ0n) is 8.56. The lowest BCUT2D eigenvalue weighted by Crippen LogP contribution is -2.02. The highest BCUT2D eigenvalue weighted by Crippen LogP contribution is 1.99. The maximum absolute atomic E-state index is 9.95. The Hall–Kier alpha value is -0.140. The van der Waals surface area contributed by atoms with Crippen LogP contribution in [0.15, 0.2) is 30.3 Å². The molecule has 1 aromatic carbocycles. The lowest BCUT2D eigenvalue weighted by Gasteiger charge is -1.90. The molecule has 0 saturated carbocycles. The average molecular weight is 342 g/mol. The molecule has 0 unspecified atom stereocenters. The van der Waals surface area contributed by atoms with E-state index in [1.165, 1.54) is 3.57 Å². The van der Waals surface area contributed by atoms with Gasteiger partial charge >= 0.3 is 0 Å². The van der Waals surface area contributed by atoms with Gasteiger partial charge in [0.05, 0.1) is 5.75 Å². The number of hydrogen-bond acceptors (Lipinski definition) is 2. The zero-order valence-corrected chi connectivity index (χ0v) is 11.5. The van der Waals surface area contributed by atoms with Crippen molar-refractivity contribution in [1.82, 2.24) is 0 Å². The summed E-state index contributed by atoms with van der Waals surface area (Å²) in [5.41, 5.74) is 0. The molecule has 15 heavy (non-hydrogen) atoms. The summed E-state index contributed by atoms with van der Waals surface area (Å²) in [6.07, 6.45) is 1.33. The van der Waals surface area contributed by atoms with Crippen LogP contribution in [0.1, 0.15) is 19.8 Å². The number of halogens is 1. The molecule has 5 heteroatoms. The van der Waals surface area contributed by atoms with Gasteiger partial charge in [-0.1, -0.05) is 31.5 Å². The summed E-state index contributed by atoms with van der Waals surface area (Å²) in [7, 11) is -3.69. The quantitative estimate of drug-likeness (QED) is 0.679.